The monoisotopic (exact) mass is 912 g/mol. The molecule has 0 bridgehead atoms. The summed E-state index contributed by atoms with van der Waals surface area (Å²) in [6.45, 7) is 12.1. The SMILES string of the molecule is CCCCCCN(CCCCCCCCCCCCNC(=O)c1cc2cc(F)c(O)c(F)c2oc1=O)C(=O)O[C@@]12[C@H](O)[C@@H](C)[C@@]3(O)[C@@H](C=C(CO)C[C@]4(O)C(=O)C(C)=C[C@@H]34)[C@]1(C)C2(C)C. The number of ether oxygens (including phenoxy) is 1. The standard InChI is InChI=1S/C50H70F2N2O11/c1-7-8-9-19-22-54(23-20-17-15-13-11-10-12-14-16-18-21-53-43(59)34-26-33-27-35(51)39(56)38(52)40(33)64-44(34)60)45(61)65-50-42(58)31(3)49(63)36(47(50,6)46(50,4)5)25-32(29-55)28-48(62)37(49)24-30(2)41(48)57/h24-27,31,36-37,42,55-56,58,62-63H,7-23,28-29H2,1-6H3,(H,53,59)/t31-,36+,37-,42-,47-,48-,49-,50-/m1/s1. The number of nitrogens with zero attached hydrogens (tertiary/aromatic N) is 1. The van der Waals surface area contributed by atoms with Gasteiger partial charge in [0.1, 0.15) is 17.3 Å². The van der Waals surface area contributed by atoms with Crippen LogP contribution in [0, 0.1) is 40.2 Å². The van der Waals surface area contributed by atoms with Gasteiger partial charge in [0.15, 0.2) is 28.5 Å². The van der Waals surface area contributed by atoms with Gasteiger partial charge >= 0.3 is 11.7 Å². The first-order valence-corrected chi connectivity index (χ1v) is 23.8. The highest BCUT2D eigenvalue weighted by molar-refractivity contribution is 6.05. The van der Waals surface area contributed by atoms with E-state index in [-0.39, 0.29) is 17.4 Å². The minimum Gasteiger partial charge on any atom is -0.503 e. The van der Waals surface area contributed by atoms with Crippen molar-refractivity contribution in [1.82, 2.24) is 10.2 Å². The fraction of sp³-hybridized carbons (Fsp3) is 0.680. The number of phenolic OH excluding ortho intramolecular Hbond substituents is 1. The summed E-state index contributed by atoms with van der Waals surface area (Å²) in [6.07, 6.45) is 14.7. The zero-order valence-electron chi connectivity index (χ0n) is 38.9. The van der Waals surface area contributed by atoms with Crippen molar-refractivity contribution < 1.29 is 57.9 Å². The Morgan fingerprint density at radius 2 is 1.48 bits per heavy atom. The quantitative estimate of drug-likeness (QED) is 0.0405. The lowest BCUT2D eigenvalue weighted by Crippen LogP contribution is -2.67. The van der Waals surface area contributed by atoms with E-state index in [0.29, 0.717) is 37.2 Å². The number of fused-ring (bicyclic) bond motifs is 6. The third kappa shape index (κ3) is 8.56. The molecule has 8 atom stereocenters. The van der Waals surface area contributed by atoms with E-state index in [0.717, 1.165) is 95.6 Å². The van der Waals surface area contributed by atoms with Gasteiger partial charge in [-0.2, -0.15) is 4.39 Å². The number of amides is 2. The second kappa shape index (κ2) is 19.6. The molecule has 1 heterocycles. The molecule has 2 saturated carbocycles. The van der Waals surface area contributed by atoms with E-state index in [1.54, 1.807) is 30.9 Å². The summed E-state index contributed by atoms with van der Waals surface area (Å²) < 4.78 is 39.3. The van der Waals surface area contributed by atoms with Gasteiger partial charge in [0.25, 0.3) is 5.91 Å². The van der Waals surface area contributed by atoms with Crippen molar-refractivity contribution >= 4 is 28.8 Å². The van der Waals surface area contributed by atoms with Crippen molar-refractivity contribution in [1.29, 1.82) is 0 Å². The molecule has 0 unspecified atom stereocenters. The number of aliphatic hydroxyl groups is 4. The molecule has 13 nitrogen and oxygen atoms in total. The Morgan fingerprint density at radius 3 is 2.08 bits per heavy atom. The highest BCUT2D eigenvalue weighted by Gasteiger charge is 2.93. The lowest BCUT2D eigenvalue weighted by molar-refractivity contribution is -0.223. The van der Waals surface area contributed by atoms with Crippen LogP contribution in [0.1, 0.15) is 148 Å². The summed E-state index contributed by atoms with van der Waals surface area (Å²) in [5.74, 6) is -7.84. The molecule has 2 fully saturated rings. The number of halogens is 2. The third-order valence-electron chi connectivity index (χ3n) is 16.0. The second-order valence-electron chi connectivity index (χ2n) is 20.0. The van der Waals surface area contributed by atoms with Crippen molar-refractivity contribution in [2.45, 2.75) is 161 Å². The number of aliphatic hydroxyl groups excluding tert-OH is 2. The lowest BCUT2D eigenvalue weighted by atomic mass is 9.55. The topological polar surface area (TPSA) is 207 Å². The second-order valence-corrected chi connectivity index (χ2v) is 20.0. The normalized spacial score (nSPS) is 29.9. The van der Waals surface area contributed by atoms with E-state index in [1.807, 2.05) is 20.8 Å². The molecule has 2 aromatic rings. The first-order valence-electron chi connectivity index (χ1n) is 23.8. The summed E-state index contributed by atoms with van der Waals surface area (Å²) >= 11 is 0. The Bertz CT molecular complexity index is 2240. The van der Waals surface area contributed by atoms with Gasteiger partial charge in [-0.3, -0.25) is 9.59 Å². The van der Waals surface area contributed by atoms with Crippen LogP contribution in [0.25, 0.3) is 11.0 Å². The number of phenols is 1. The molecule has 0 aliphatic heterocycles. The maximum absolute atomic E-state index is 14.4. The first-order chi connectivity index (χ1) is 30.7. The van der Waals surface area contributed by atoms with E-state index in [1.165, 1.54) is 0 Å². The molecule has 0 radical (unpaired) electrons. The van der Waals surface area contributed by atoms with Crippen LogP contribution >= 0.6 is 0 Å². The minimum absolute atomic E-state index is 0.147. The van der Waals surface area contributed by atoms with Crippen LogP contribution in [0.4, 0.5) is 13.6 Å². The first kappa shape index (κ1) is 50.2. The molecule has 6 N–H and O–H groups in total. The van der Waals surface area contributed by atoms with Crippen LogP contribution in [0.3, 0.4) is 0 Å². The van der Waals surface area contributed by atoms with E-state index in [9.17, 15) is 53.5 Å². The zero-order valence-corrected chi connectivity index (χ0v) is 38.9. The van der Waals surface area contributed by atoms with Crippen LogP contribution < -0.4 is 10.9 Å². The summed E-state index contributed by atoms with van der Waals surface area (Å²) in [5, 5.41) is 59.4. The Morgan fingerprint density at radius 1 is 0.892 bits per heavy atom. The van der Waals surface area contributed by atoms with Gasteiger partial charge in [-0.1, -0.05) is 117 Å². The van der Waals surface area contributed by atoms with Crippen molar-refractivity contribution in [2.24, 2.45) is 28.6 Å². The van der Waals surface area contributed by atoms with Crippen molar-refractivity contribution in [2.75, 3.05) is 26.2 Å². The van der Waals surface area contributed by atoms with Crippen LogP contribution in [0.2, 0.25) is 0 Å². The Kier molecular flexibility index (Phi) is 15.1. The Balaban J connectivity index is 0.966. The van der Waals surface area contributed by atoms with E-state index < -0.39 is 104 Å². The average molecular weight is 913 g/mol. The molecule has 0 spiro atoms. The van der Waals surface area contributed by atoms with Gasteiger partial charge in [0.05, 0.1) is 12.2 Å². The number of unbranched alkanes of at least 4 members (excludes halogenated alkanes) is 12. The number of rotatable bonds is 21. The number of nitrogens with one attached hydrogen (secondary N) is 1. The number of carbonyl (C=O) groups excluding carboxylic acids is 3. The van der Waals surface area contributed by atoms with Gasteiger partial charge in [0.2, 0.25) is 5.82 Å². The Hall–Kier alpha value is -4.18. The lowest BCUT2D eigenvalue weighted by Gasteiger charge is -2.54. The van der Waals surface area contributed by atoms with Crippen LogP contribution in [-0.4, -0.2) is 97.4 Å². The van der Waals surface area contributed by atoms with Gasteiger partial charge < -0.3 is 44.9 Å². The molecule has 15 heteroatoms. The van der Waals surface area contributed by atoms with E-state index >= 15 is 0 Å². The van der Waals surface area contributed by atoms with Gasteiger partial charge in [-0.25, -0.2) is 14.0 Å². The molecular formula is C50H70F2N2O11. The summed E-state index contributed by atoms with van der Waals surface area (Å²) in [5.41, 5.74) is -8.35. The maximum Gasteiger partial charge on any atom is 0.410 e. The number of Topliss-reactive ketones (excluding diaryl/α,β-unsaturated/α-hetero) is 1. The average Bonchev–Trinajstić information content (AvgIpc) is 3.59. The largest absolute Gasteiger partial charge is 0.503 e. The van der Waals surface area contributed by atoms with Gasteiger partial charge in [0, 0.05) is 60.0 Å². The molecule has 1 aromatic heterocycles. The number of ketones is 1. The molecule has 65 heavy (non-hydrogen) atoms. The zero-order chi connectivity index (χ0) is 47.7. The minimum atomic E-state index is -1.98. The molecule has 360 valence electrons. The summed E-state index contributed by atoms with van der Waals surface area (Å²) in [4.78, 5) is 54.4. The predicted molar refractivity (Wildman–Crippen MR) is 240 cm³/mol. The highest BCUT2D eigenvalue weighted by Crippen LogP contribution is 2.84. The molecule has 0 saturated heterocycles. The molecule has 2 amide bonds. The van der Waals surface area contributed by atoms with E-state index in [4.69, 9.17) is 9.15 Å². The van der Waals surface area contributed by atoms with Crippen LogP contribution in [0.5, 0.6) is 5.75 Å². The summed E-state index contributed by atoms with van der Waals surface area (Å²) in [7, 11) is 0. The fourth-order valence-corrected chi connectivity index (χ4v) is 11.9. The molecule has 6 rings (SSSR count). The Labute approximate surface area is 380 Å². The molecule has 1 aromatic carbocycles. The molecule has 4 aliphatic carbocycles. The molecule has 4 aliphatic rings. The number of hydrogen-bond acceptors (Lipinski definition) is 11. The van der Waals surface area contributed by atoms with Crippen molar-refractivity contribution in [3.8, 4) is 5.75 Å². The van der Waals surface area contributed by atoms with Gasteiger partial charge in [-0.15, -0.1) is 0 Å². The van der Waals surface area contributed by atoms with Crippen LogP contribution in [-0.2, 0) is 9.53 Å². The highest BCUT2D eigenvalue weighted by atomic mass is 19.1. The number of carbonyl (C=O) groups is 3. The number of hydrogen-bond donors (Lipinski definition) is 6. The molecular weight excluding hydrogens is 843 g/mol. The van der Waals surface area contributed by atoms with Gasteiger partial charge in [-0.05, 0) is 49.5 Å². The van der Waals surface area contributed by atoms with Crippen molar-refractivity contribution in [3.63, 3.8) is 0 Å². The van der Waals surface area contributed by atoms with Crippen molar-refractivity contribution in [3.05, 3.63) is 63.0 Å². The smallest absolute Gasteiger partial charge is 0.410 e. The number of benzene rings is 1. The predicted octanol–water partition coefficient (Wildman–Crippen LogP) is 7.77. The van der Waals surface area contributed by atoms with Crippen LogP contribution in [0.15, 0.2) is 44.6 Å². The van der Waals surface area contributed by atoms with E-state index in [2.05, 4.69) is 12.2 Å². The third-order valence-corrected chi connectivity index (χ3v) is 16.0. The summed E-state index contributed by atoms with van der Waals surface area (Å²) in [6, 6.07) is 1.84. The maximum atomic E-state index is 14.4. The number of aromatic hydroxyl groups is 1. The fourth-order valence-electron chi connectivity index (χ4n) is 11.9.